The number of hydrogen-bond donors (Lipinski definition) is 0. The smallest absolute Gasteiger partial charge is 0.247 e. The number of hydrogen-bond acceptors (Lipinski definition) is 4. The van der Waals surface area contributed by atoms with Crippen molar-refractivity contribution in [2.45, 2.75) is 25.9 Å². The third-order valence-corrected chi connectivity index (χ3v) is 4.49. The predicted octanol–water partition coefficient (Wildman–Crippen LogP) is 0.912. The lowest BCUT2D eigenvalue weighted by molar-refractivity contribution is -0.137. The Labute approximate surface area is 136 Å². The van der Waals surface area contributed by atoms with Crippen LogP contribution in [0.25, 0.3) is 0 Å². The molecule has 7 nitrogen and oxygen atoms in total. The van der Waals surface area contributed by atoms with Crippen LogP contribution in [0.3, 0.4) is 0 Å². The monoisotopic (exact) mass is 316 g/mol. The summed E-state index contributed by atoms with van der Waals surface area (Å²) in [6.45, 7) is 6.16. The number of piperazine rings is 1. The molecule has 124 valence electrons. The second-order valence-electron chi connectivity index (χ2n) is 5.97. The maximum atomic E-state index is 12.7. The number of carbonyl (C=O) groups is 1. The van der Waals surface area contributed by atoms with Crippen molar-refractivity contribution in [3.63, 3.8) is 0 Å². The third kappa shape index (κ3) is 3.44. The molecule has 7 heteroatoms. The Morgan fingerprint density at radius 1 is 1.22 bits per heavy atom. The highest BCUT2D eigenvalue weighted by atomic mass is 16.2. The fraction of sp³-hybridized carbons (Fsp3) is 0.562. The number of nitrogens with zero attached hydrogens (tertiary/aromatic N) is 6. The van der Waals surface area contributed by atoms with E-state index in [0.717, 1.165) is 45.0 Å². The molecule has 0 radical (unpaired) electrons. The normalized spacial score (nSPS) is 17.4. The molecule has 3 rings (SSSR count). The van der Waals surface area contributed by atoms with Crippen molar-refractivity contribution in [3.8, 4) is 0 Å². The van der Waals surface area contributed by atoms with E-state index in [2.05, 4.69) is 15.0 Å². The highest BCUT2D eigenvalue weighted by molar-refractivity contribution is 5.80. The van der Waals surface area contributed by atoms with E-state index < -0.39 is 0 Å². The summed E-state index contributed by atoms with van der Waals surface area (Å²) in [6.07, 6.45) is 8.13. The van der Waals surface area contributed by atoms with Crippen LogP contribution >= 0.6 is 0 Å². The molecule has 1 atom stereocenters. The molecule has 0 bridgehead atoms. The van der Waals surface area contributed by atoms with Crippen LogP contribution in [0.5, 0.6) is 0 Å². The largest absolute Gasteiger partial charge is 0.338 e. The number of rotatable bonds is 5. The Balaban J connectivity index is 1.56. The highest BCUT2D eigenvalue weighted by Gasteiger charge is 2.28. The van der Waals surface area contributed by atoms with Crippen LogP contribution in [0.2, 0.25) is 0 Å². The SMILES string of the molecule is CC[C@H](C(=O)N1CCN(Cc2nccn2C)CC1)n1cccn1. The van der Waals surface area contributed by atoms with E-state index in [9.17, 15) is 4.79 Å². The lowest BCUT2D eigenvalue weighted by Gasteiger charge is -2.36. The molecule has 0 saturated carbocycles. The quantitative estimate of drug-likeness (QED) is 0.823. The van der Waals surface area contributed by atoms with Crippen molar-refractivity contribution in [1.29, 1.82) is 0 Å². The molecule has 0 spiro atoms. The second kappa shape index (κ2) is 6.95. The minimum Gasteiger partial charge on any atom is -0.338 e. The fourth-order valence-corrected chi connectivity index (χ4v) is 3.03. The topological polar surface area (TPSA) is 59.2 Å². The van der Waals surface area contributed by atoms with Crippen LogP contribution in [0, 0.1) is 0 Å². The first-order valence-electron chi connectivity index (χ1n) is 8.15. The Bertz CT molecular complexity index is 627. The summed E-state index contributed by atoms with van der Waals surface area (Å²) in [4.78, 5) is 21.4. The summed E-state index contributed by atoms with van der Waals surface area (Å²) >= 11 is 0. The molecule has 1 fully saturated rings. The average molecular weight is 316 g/mol. The van der Waals surface area contributed by atoms with E-state index in [-0.39, 0.29) is 11.9 Å². The number of carbonyl (C=O) groups excluding carboxylic acids is 1. The molecule has 3 heterocycles. The van der Waals surface area contributed by atoms with Gasteiger partial charge in [0.15, 0.2) is 0 Å². The van der Waals surface area contributed by atoms with Gasteiger partial charge in [-0.05, 0) is 12.5 Å². The summed E-state index contributed by atoms with van der Waals surface area (Å²) in [6, 6.07) is 1.67. The van der Waals surface area contributed by atoms with Gasteiger partial charge in [-0.25, -0.2) is 4.98 Å². The van der Waals surface area contributed by atoms with Crippen LogP contribution in [-0.2, 0) is 18.4 Å². The zero-order chi connectivity index (χ0) is 16.2. The summed E-state index contributed by atoms with van der Waals surface area (Å²) in [7, 11) is 2.01. The first-order valence-corrected chi connectivity index (χ1v) is 8.15. The van der Waals surface area contributed by atoms with Gasteiger partial charge in [0, 0.05) is 58.0 Å². The lowest BCUT2D eigenvalue weighted by Crippen LogP contribution is -2.50. The van der Waals surface area contributed by atoms with E-state index in [4.69, 9.17) is 0 Å². The summed E-state index contributed by atoms with van der Waals surface area (Å²) in [5.41, 5.74) is 0. The number of aromatic nitrogens is 4. The Morgan fingerprint density at radius 2 is 2.00 bits per heavy atom. The summed E-state index contributed by atoms with van der Waals surface area (Å²) in [5.74, 6) is 1.24. The lowest BCUT2D eigenvalue weighted by atomic mass is 10.2. The van der Waals surface area contributed by atoms with Crippen LogP contribution in [0.15, 0.2) is 30.9 Å². The van der Waals surface area contributed by atoms with Crippen molar-refractivity contribution in [3.05, 3.63) is 36.7 Å². The van der Waals surface area contributed by atoms with Gasteiger partial charge in [0.2, 0.25) is 5.91 Å². The van der Waals surface area contributed by atoms with Gasteiger partial charge in [-0.1, -0.05) is 6.92 Å². The van der Waals surface area contributed by atoms with Gasteiger partial charge in [0.1, 0.15) is 11.9 Å². The molecule has 1 amide bonds. The van der Waals surface area contributed by atoms with Gasteiger partial charge in [0.25, 0.3) is 0 Å². The van der Waals surface area contributed by atoms with Crippen molar-refractivity contribution >= 4 is 5.91 Å². The minimum absolute atomic E-state index is 0.174. The zero-order valence-electron chi connectivity index (χ0n) is 13.8. The highest BCUT2D eigenvalue weighted by Crippen LogP contribution is 2.16. The van der Waals surface area contributed by atoms with Crippen LogP contribution in [0.1, 0.15) is 25.2 Å². The Morgan fingerprint density at radius 3 is 2.57 bits per heavy atom. The van der Waals surface area contributed by atoms with E-state index in [1.54, 1.807) is 10.9 Å². The maximum absolute atomic E-state index is 12.7. The second-order valence-corrected chi connectivity index (χ2v) is 5.97. The first kappa shape index (κ1) is 15.7. The summed E-state index contributed by atoms with van der Waals surface area (Å²) < 4.78 is 3.81. The standard InChI is InChI=1S/C16H24N6O/c1-3-14(22-7-4-5-18-22)16(23)21-11-9-20(10-12-21)13-15-17-6-8-19(15)2/h4-8,14H,3,9-13H2,1-2H3/t14-/m1/s1. The van der Waals surface area contributed by atoms with Crippen molar-refractivity contribution in [1.82, 2.24) is 29.1 Å². The molecule has 0 aliphatic carbocycles. The molecule has 0 N–H and O–H groups in total. The van der Waals surface area contributed by atoms with Gasteiger partial charge in [-0.2, -0.15) is 5.10 Å². The number of aryl methyl sites for hydroxylation is 1. The van der Waals surface area contributed by atoms with Gasteiger partial charge >= 0.3 is 0 Å². The van der Waals surface area contributed by atoms with Gasteiger partial charge in [0.05, 0.1) is 6.54 Å². The molecule has 1 saturated heterocycles. The van der Waals surface area contributed by atoms with Gasteiger partial charge in [-0.15, -0.1) is 0 Å². The van der Waals surface area contributed by atoms with E-state index in [1.165, 1.54) is 0 Å². The van der Waals surface area contributed by atoms with Gasteiger partial charge in [-0.3, -0.25) is 14.4 Å². The van der Waals surface area contributed by atoms with Crippen molar-refractivity contribution < 1.29 is 4.79 Å². The fourth-order valence-electron chi connectivity index (χ4n) is 3.03. The molecule has 2 aromatic heterocycles. The van der Waals surface area contributed by atoms with Crippen molar-refractivity contribution in [2.24, 2.45) is 7.05 Å². The van der Waals surface area contributed by atoms with Crippen molar-refractivity contribution in [2.75, 3.05) is 26.2 Å². The molecular weight excluding hydrogens is 292 g/mol. The van der Waals surface area contributed by atoms with Crippen LogP contribution in [0.4, 0.5) is 0 Å². The maximum Gasteiger partial charge on any atom is 0.247 e. The zero-order valence-corrected chi connectivity index (χ0v) is 13.8. The summed E-state index contributed by atoms with van der Waals surface area (Å²) in [5, 5.41) is 4.23. The van der Waals surface area contributed by atoms with Crippen LogP contribution in [-0.4, -0.2) is 61.2 Å². The van der Waals surface area contributed by atoms with E-state index >= 15 is 0 Å². The molecule has 0 unspecified atom stereocenters. The molecular formula is C16H24N6O. The minimum atomic E-state index is -0.189. The molecule has 0 aromatic carbocycles. The molecule has 2 aromatic rings. The van der Waals surface area contributed by atoms with Crippen LogP contribution < -0.4 is 0 Å². The van der Waals surface area contributed by atoms with E-state index in [0.29, 0.717) is 0 Å². The molecule has 1 aliphatic heterocycles. The number of amides is 1. The third-order valence-electron chi connectivity index (χ3n) is 4.49. The van der Waals surface area contributed by atoms with Gasteiger partial charge < -0.3 is 9.47 Å². The Kier molecular flexibility index (Phi) is 4.76. The molecule has 23 heavy (non-hydrogen) atoms. The Hall–Kier alpha value is -2.15. The molecule has 1 aliphatic rings. The average Bonchev–Trinajstić information content (AvgIpc) is 3.22. The first-order chi connectivity index (χ1) is 11.2. The number of imidazole rings is 1. The predicted molar refractivity (Wildman–Crippen MR) is 86.6 cm³/mol. The van der Waals surface area contributed by atoms with E-state index in [1.807, 2.05) is 48.1 Å².